The molecule has 3 rings (SSSR count). The maximum atomic E-state index is 11.8. The number of aliphatic carboxylic acids is 3. The Labute approximate surface area is 294 Å². The van der Waals surface area contributed by atoms with Crippen LogP contribution in [0.3, 0.4) is 0 Å². The van der Waals surface area contributed by atoms with Crippen LogP contribution >= 0.6 is 0 Å². The van der Waals surface area contributed by atoms with Crippen LogP contribution < -0.4 is 104 Å². The average molecular weight is 608 g/mol. The van der Waals surface area contributed by atoms with E-state index in [4.69, 9.17) is 33.2 Å². The monoisotopic (exact) mass is 608 g/mol. The van der Waals surface area contributed by atoms with Gasteiger partial charge in [-0.1, -0.05) is 0 Å². The molecule has 40 heavy (non-hydrogen) atoms. The molecule has 4 N–H and O–H groups in total. The molecule has 0 bridgehead atoms. The minimum atomic E-state index is -2.16. The van der Waals surface area contributed by atoms with Crippen LogP contribution in [0.1, 0.15) is 12.8 Å². The number of carboxylic acids is 3. The topological polar surface area (TPSA) is 266 Å². The van der Waals surface area contributed by atoms with Crippen LogP contribution in [0.15, 0.2) is 0 Å². The number of carbonyl (C=O) groups excluding carboxylic acids is 3. The zero-order chi connectivity index (χ0) is 27.6. The molecule has 0 aromatic rings. The van der Waals surface area contributed by atoms with Crippen molar-refractivity contribution in [3.8, 4) is 0 Å². The summed E-state index contributed by atoms with van der Waals surface area (Å²) in [6.45, 7) is 0. The van der Waals surface area contributed by atoms with Gasteiger partial charge in [0.15, 0.2) is 18.9 Å². The summed E-state index contributed by atoms with van der Waals surface area (Å²) in [7, 11) is 2.31. The third-order valence-electron chi connectivity index (χ3n) is 6.24. The van der Waals surface area contributed by atoms with Gasteiger partial charge < -0.3 is 83.3 Å². The number of methoxy groups -OCH3 is 2. The van der Waals surface area contributed by atoms with Crippen LogP contribution in [0.5, 0.6) is 0 Å². The van der Waals surface area contributed by atoms with Crippen LogP contribution in [-0.2, 0) is 47.5 Å². The molecule has 3 aliphatic rings. The van der Waals surface area contributed by atoms with Gasteiger partial charge in [0.25, 0.3) is 0 Å². The van der Waals surface area contributed by atoms with Crippen LogP contribution in [0.4, 0.5) is 0 Å². The molecule has 13 unspecified atom stereocenters. The van der Waals surface area contributed by atoms with Gasteiger partial charge in [-0.05, 0) is 6.42 Å². The van der Waals surface area contributed by atoms with Gasteiger partial charge in [0.05, 0.1) is 24.0 Å². The molecule has 212 valence electrons. The fraction of sp³-hybridized carbons (Fsp3) is 0.850. The second-order valence-electron chi connectivity index (χ2n) is 8.54. The van der Waals surface area contributed by atoms with E-state index in [0.29, 0.717) is 0 Å². The minimum Gasteiger partial charge on any atom is -0.547 e. The Morgan fingerprint density at radius 3 is 1.52 bits per heavy atom. The zero-order valence-electron chi connectivity index (χ0n) is 22.5. The number of carboxylic acid groups (broad SMARTS) is 3. The van der Waals surface area contributed by atoms with E-state index in [-0.39, 0.29) is 102 Å². The fourth-order valence-electron chi connectivity index (χ4n) is 4.31. The van der Waals surface area contributed by atoms with Gasteiger partial charge in [-0.25, -0.2) is 0 Å². The average Bonchev–Trinajstić information content (AvgIpc) is 2.85. The third-order valence-corrected chi connectivity index (χ3v) is 6.24. The molecule has 3 fully saturated rings. The quantitative estimate of drug-likeness (QED) is 0.177. The first-order chi connectivity index (χ1) is 17.4. The van der Waals surface area contributed by atoms with Crippen LogP contribution in [0.2, 0.25) is 0 Å². The predicted molar refractivity (Wildman–Crippen MR) is 102 cm³/mol. The number of aliphatic hydroxyl groups excluding tert-OH is 4. The Balaban J connectivity index is 0.00000507. The standard InChI is InChI=1S/C20H30O17.3Na/c1-31-5-3-4-6(33-11(5)16(25)26)34-12-8(22)10(24)20(37-14(12)17(27)28)35-13-7(21)9(23)19(32-2)36-15(13)18(29)30;;;/h5-15,19-24H,3-4H2,1-2H3,(H,25,26)(H,27,28)(H,29,30);;;/q;3*+1/p-3. The van der Waals surface area contributed by atoms with Crippen molar-refractivity contribution in [3.63, 3.8) is 0 Å². The first kappa shape index (κ1) is 41.0. The van der Waals surface area contributed by atoms with Crippen molar-refractivity contribution in [1.29, 1.82) is 0 Å². The Morgan fingerprint density at radius 1 is 0.625 bits per heavy atom. The molecule has 3 saturated heterocycles. The largest absolute Gasteiger partial charge is 1.00 e. The fourth-order valence-corrected chi connectivity index (χ4v) is 4.31. The van der Waals surface area contributed by atoms with Crippen molar-refractivity contribution < 1.29 is 172 Å². The van der Waals surface area contributed by atoms with E-state index in [2.05, 4.69) is 0 Å². The molecule has 3 aliphatic heterocycles. The number of ether oxygens (including phenoxy) is 7. The number of hydrogen-bond donors (Lipinski definition) is 4. The molecule has 13 atom stereocenters. The summed E-state index contributed by atoms with van der Waals surface area (Å²) in [5.41, 5.74) is 0. The summed E-state index contributed by atoms with van der Waals surface area (Å²) in [5, 5.41) is 76.2. The molecule has 20 heteroatoms. The van der Waals surface area contributed by atoms with Crippen LogP contribution in [0, 0.1) is 0 Å². The van der Waals surface area contributed by atoms with E-state index in [9.17, 15) is 50.1 Å². The van der Waals surface area contributed by atoms with Gasteiger partial charge >= 0.3 is 88.7 Å². The second kappa shape index (κ2) is 18.1. The molecular formula is C20H27Na3O17. The van der Waals surface area contributed by atoms with E-state index in [1.54, 1.807) is 0 Å². The first-order valence-electron chi connectivity index (χ1n) is 11.1. The summed E-state index contributed by atoms with van der Waals surface area (Å²) in [4.78, 5) is 34.6. The predicted octanol–water partition coefficient (Wildman–Crippen LogP) is -16.9. The molecule has 0 radical (unpaired) electrons. The molecule has 0 spiro atoms. The summed E-state index contributed by atoms with van der Waals surface area (Å²) < 4.78 is 35.8. The van der Waals surface area contributed by atoms with Crippen molar-refractivity contribution in [2.24, 2.45) is 0 Å². The van der Waals surface area contributed by atoms with E-state index in [1.165, 1.54) is 7.11 Å². The van der Waals surface area contributed by atoms with Crippen LogP contribution in [0.25, 0.3) is 0 Å². The first-order valence-corrected chi connectivity index (χ1v) is 11.1. The Kier molecular flexibility index (Phi) is 18.5. The van der Waals surface area contributed by atoms with Crippen molar-refractivity contribution >= 4 is 17.9 Å². The normalized spacial score (nSPS) is 41.4. The molecule has 0 aromatic carbocycles. The number of hydrogen-bond acceptors (Lipinski definition) is 17. The van der Waals surface area contributed by atoms with Crippen molar-refractivity contribution in [2.75, 3.05) is 14.2 Å². The smallest absolute Gasteiger partial charge is 0.547 e. The van der Waals surface area contributed by atoms with Gasteiger partial charge in [-0.15, -0.1) is 0 Å². The Bertz CT molecular complexity index is 838. The summed E-state index contributed by atoms with van der Waals surface area (Å²) in [6, 6.07) is 0. The van der Waals surface area contributed by atoms with Crippen molar-refractivity contribution in [1.82, 2.24) is 0 Å². The molecule has 0 aromatic heterocycles. The SMILES string of the molecule is COC1CCC(OC2C(C(=O)[O-])OC(OC3C(C(=O)[O-])OC(OC)C(O)C3O)C(O)C2O)OC1C(=O)[O-].[Na+].[Na+].[Na+]. The van der Waals surface area contributed by atoms with Crippen molar-refractivity contribution in [2.45, 2.75) is 92.8 Å². The Morgan fingerprint density at radius 2 is 1.07 bits per heavy atom. The van der Waals surface area contributed by atoms with Gasteiger partial charge in [0.2, 0.25) is 0 Å². The maximum Gasteiger partial charge on any atom is 1.00 e. The zero-order valence-corrected chi connectivity index (χ0v) is 28.5. The van der Waals surface area contributed by atoms with Gasteiger partial charge in [-0.2, -0.15) is 0 Å². The number of rotatable bonds is 9. The molecular weight excluding hydrogens is 581 g/mol. The van der Waals surface area contributed by atoms with Crippen LogP contribution in [-0.4, -0.2) is 132 Å². The van der Waals surface area contributed by atoms with E-state index < -0.39 is 97.8 Å². The number of carbonyl (C=O) groups is 3. The molecule has 0 saturated carbocycles. The van der Waals surface area contributed by atoms with E-state index >= 15 is 0 Å². The van der Waals surface area contributed by atoms with E-state index in [0.717, 1.165) is 7.11 Å². The summed E-state index contributed by atoms with van der Waals surface area (Å²) in [6.07, 6.45) is -23.6. The molecule has 17 nitrogen and oxygen atoms in total. The van der Waals surface area contributed by atoms with Gasteiger partial charge in [0, 0.05) is 20.6 Å². The summed E-state index contributed by atoms with van der Waals surface area (Å²) >= 11 is 0. The molecule has 3 heterocycles. The number of aliphatic hydroxyl groups is 4. The third kappa shape index (κ3) is 9.24. The Hall–Kier alpha value is 0.970. The van der Waals surface area contributed by atoms with Gasteiger partial charge in [-0.3, -0.25) is 0 Å². The van der Waals surface area contributed by atoms with Gasteiger partial charge in [0.1, 0.15) is 54.9 Å². The maximum absolute atomic E-state index is 11.8. The van der Waals surface area contributed by atoms with Crippen molar-refractivity contribution in [3.05, 3.63) is 0 Å². The van der Waals surface area contributed by atoms with E-state index in [1.807, 2.05) is 0 Å². The minimum absolute atomic E-state index is 0. The second-order valence-corrected chi connectivity index (χ2v) is 8.54. The molecule has 0 amide bonds. The molecule has 0 aliphatic carbocycles. The summed E-state index contributed by atoms with van der Waals surface area (Å²) in [5.74, 6) is -5.49.